The molecule has 2 rings (SSSR count). The van der Waals surface area contributed by atoms with Gasteiger partial charge in [0.2, 0.25) is 0 Å². The number of cyclic esters (lactones) is 1. The molecule has 64 valence electrons. The van der Waals surface area contributed by atoms with Gasteiger partial charge in [-0.25, -0.2) is 0 Å². The van der Waals surface area contributed by atoms with Crippen molar-refractivity contribution in [1.82, 2.24) is 4.98 Å². The SMILES string of the molecule is O=C1OCCC1Cc1ccc[nH]1. The van der Waals surface area contributed by atoms with Crippen molar-refractivity contribution in [3.63, 3.8) is 0 Å². The van der Waals surface area contributed by atoms with Gasteiger partial charge in [-0.2, -0.15) is 0 Å². The fourth-order valence-electron chi connectivity index (χ4n) is 1.48. The predicted octanol–water partition coefficient (Wildman–Crippen LogP) is 1.12. The maximum absolute atomic E-state index is 11.1. The second kappa shape index (κ2) is 3.01. The molecule has 3 nitrogen and oxygen atoms in total. The Balaban J connectivity index is 1.99. The first-order valence-electron chi connectivity index (χ1n) is 4.15. The molecule has 1 atom stereocenters. The molecule has 1 saturated heterocycles. The van der Waals surface area contributed by atoms with E-state index in [1.165, 1.54) is 0 Å². The molecule has 0 saturated carbocycles. The van der Waals surface area contributed by atoms with Crippen molar-refractivity contribution in [2.75, 3.05) is 6.61 Å². The van der Waals surface area contributed by atoms with Crippen molar-refractivity contribution in [2.45, 2.75) is 12.8 Å². The lowest BCUT2D eigenvalue weighted by Gasteiger charge is -2.01. The third-order valence-corrected chi connectivity index (χ3v) is 2.17. The van der Waals surface area contributed by atoms with Gasteiger partial charge in [-0.15, -0.1) is 0 Å². The topological polar surface area (TPSA) is 42.1 Å². The molecule has 12 heavy (non-hydrogen) atoms. The summed E-state index contributed by atoms with van der Waals surface area (Å²) in [5.41, 5.74) is 1.11. The number of hydrogen-bond acceptors (Lipinski definition) is 2. The first kappa shape index (κ1) is 7.40. The third-order valence-electron chi connectivity index (χ3n) is 2.17. The summed E-state index contributed by atoms with van der Waals surface area (Å²) >= 11 is 0. The van der Waals surface area contributed by atoms with Gasteiger partial charge < -0.3 is 9.72 Å². The van der Waals surface area contributed by atoms with Crippen LogP contribution in [0.5, 0.6) is 0 Å². The third kappa shape index (κ3) is 1.35. The molecule has 1 aliphatic heterocycles. The maximum atomic E-state index is 11.1. The molecular weight excluding hydrogens is 154 g/mol. The maximum Gasteiger partial charge on any atom is 0.309 e. The summed E-state index contributed by atoms with van der Waals surface area (Å²) in [6.07, 6.45) is 3.51. The molecule has 1 unspecified atom stereocenters. The number of rotatable bonds is 2. The average molecular weight is 165 g/mol. The van der Waals surface area contributed by atoms with Crippen LogP contribution < -0.4 is 0 Å². The van der Waals surface area contributed by atoms with E-state index in [4.69, 9.17) is 4.74 Å². The quantitative estimate of drug-likeness (QED) is 0.667. The molecule has 0 bridgehead atoms. The van der Waals surface area contributed by atoms with E-state index < -0.39 is 0 Å². The summed E-state index contributed by atoms with van der Waals surface area (Å²) < 4.78 is 4.86. The number of nitrogens with one attached hydrogen (secondary N) is 1. The first-order valence-corrected chi connectivity index (χ1v) is 4.15. The molecule has 0 radical (unpaired) electrons. The van der Waals surface area contributed by atoms with Gasteiger partial charge in [0, 0.05) is 18.3 Å². The average Bonchev–Trinajstić information content (AvgIpc) is 2.65. The smallest absolute Gasteiger partial charge is 0.309 e. The van der Waals surface area contributed by atoms with Crippen LogP contribution in [0.15, 0.2) is 18.3 Å². The molecule has 1 fully saturated rings. The Morgan fingerprint density at radius 3 is 3.17 bits per heavy atom. The van der Waals surface area contributed by atoms with Crippen LogP contribution in [0.1, 0.15) is 12.1 Å². The second-order valence-electron chi connectivity index (χ2n) is 3.05. The highest BCUT2D eigenvalue weighted by Gasteiger charge is 2.26. The van der Waals surface area contributed by atoms with Crippen molar-refractivity contribution in [1.29, 1.82) is 0 Å². The van der Waals surface area contributed by atoms with E-state index in [1.54, 1.807) is 0 Å². The van der Waals surface area contributed by atoms with E-state index in [-0.39, 0.29) is 11.9 Å². The monoisotopic (exact) mass is 165 g/mol. The normalized spacial score (nSPS) is 22.7. The molecule has 3 heteroatoms. The molecule has 1 aromatic rings. The number of ether oxygens (including phenoxy) is 1. The predicted molar refractivity (Wildman–Crippen MR) is 43.6 cm³/mol. The standard InChI is InChI=1S/C9H11NO2/c11-9-7(3-5-12-9)6-8-2-1-4-10-8/h1-2,4,7,10H,3,5-6H2. The van der Waals surface area contributed by atoms with E-state index in [2.05, 4.69) is 4.98 Å². The lowest BCUT2D eigenvalue weighted by Crippen LogP contribution is -2.10. The van der Waals surface area contributed by atoms with Crippen LogP contribution in [0.4, 0.5) is 0 Å². The number of aromatic amines is 1. The van der Waals surface area contributed by atoms with Crippen LogP contribution in [-0.2, 0) is 16.0 Å². The highest BCUT2D eigenvalue weighted by atomic mass is 16.5. The van der Waals surface area contributed by atoms with Gasteiger partial charge in [-0.05, 0) is 18.6 Å². The number of carbonyl (C=O) groups excluding carboxylic acids is 1. The molecule has 0 aromatic carbocycles. The molecule has 2 heterocycles. The number of aromatic nitrogens is 1. The summed E-state index contributed by atoms with van der Waals surface area (Å²) in [5, 5.41) is 0. The van der Waals surface area contributed by atoms with Crippen LogP contribution in [0.25, 0.3) is 0 Å². The van der Waals surface area contributed by atoms with Crippen LogP contribution >= 0.6 is 0 Å². The molecule has 1 aromatic heterocycles. The van der Waals surface area contributed by atoms with Gasteiger partial charge in [0.05, 0.1) is 12.5 Å². The Hall–Kier alpha value is -1.25. The summed E-state index contributed by atoms with van der Waals surface area (Å²) in [6.45, 7) is 0.588. The number of H-pyrrole nitrogens is 1. The van der Waals surface area contributed by atoms with Crippen LogP contribution in [-0.4, -0.2) is 17.6 Å². The number of hydrogen-bond donors (Lipinski definition) is 1. The van der Waals surface area contributed by atoms with Gasteiger partial charge in [-0.1, -0.05) is 0 Å². The van der Waals surface area contributed by atoms with Crippen molar-refractivity contribution in [3.05, 3.63) is 24.0 Å². The molecule has 1 N–H and O–H groups in total. The Bertz CT molecular complexity index is 266. The van der Waals surface area contributed by atoms with Crippen LogP contribution in [0.3, 0.4) is 0 Å². The molecule has 1 aliphatic rings. The lowest BCUT2D eigenvalue weighted by atomic mass is 10.0. The van der Waals surface area contributed by atoms with Gasteiger partial charge in [0.25, 0.3) is 0 Å². The Labute approximate surface area is 70.7 Å². The molecule has 0 amide bonds. The minimum atomic E-state index is -0.0513. The fourth-order valence-corrected chi connectivity index (χ4v) is 1.48. The van der Waals surface area contributed by atoms with E-state index >= 15 is 0 Å². The van der Waals surface area contributed by atoms with Gasteiger partial charge in [-0.3, -0.25) is 4.79 Å². The zero-order chi connectivity index (χ0) is 8.39. The summed E-state index contributed by atoms with van der Waals surface area (Å²) in [4.78, 5) is 14.1. The fraction of sp³-hybridized carbons (Fsp3) is 0.444. The highest BCUT2D eigenvalue weighted by Crippen LogP contribution is 2.18. The highest BCUT2D eigenvalue weighted by molar-refractivity contribution is 5.74. The minimum Gasteiger partial charge on any atom is -0.465 e. The number of esters is 1. The zero-order valence-corrected chi connectivity index (χ0v) is 6.75. The summed E-state index contributed by atoms with van der Waals surface area (Å²) in [5.74, 6) is 0.0215. The second-order valence-corrected chi connectivity index (χ2v) is 3.05. The Kier molecular flexibility index (Phi) is 1.86. The van der Waals surface area contributed by atoms with Gasteiger partial charge in [0.15, 0.2) is 0 Å². The van der Waals surface area contributed by atoms with Crippen LogP contribution in [0.2, 0.25) is 0 Å². The van der Waals surface area contributed by atoms with Crippen LogP contribution in [0, 0.1) is 5.92 Å². The summed E-state index contributed by atoms with van der Waals surface area (Å²) in [6, 6.07) is 3.93. The van der Waals surface area contributed by atoms with Crippen molar-refractivity contribution in [3.8, 4) is 0 Å². The van der Waals surface area contributed by atoms with Crippen molar-refractivity contribution in [2.24, 2.45) is 5.92 Å². The number of carbonyl (C=O) groups is 1. The van der Waals surface area contributed by atoms with E-state index in [1.807, 2.05) is 18.3 Å². The van der Waals surface area contributed by atoms with Crippen molar-refractivity contribution < 1.29 is 9.53 Å². The molecule has 0 spiro atoms. The Morgan fingerprint density at radius 1 is 1.67 bits per heavy atom. The first-order chi connectivity index (χ1) is 5.86. The molecule has 0 aliphatic carbocycles. The summed E-state index contributed by atoms with van der Waals surface area (Å²) in [7, 11) is 0. The van der Waals surface area contributed by atoms with Gasteiger partial charge >= 0.3 is 5.97 Å². The molecular formula is C9H11NO2. The van der Waals surface area contributed by atoms with E-state index in [9.17, 15) is 4.79 Å². The van der Waals surface area contributed by atoms with E-state index in [0.29, 0.717) is 6.61 Å². The Morgan fingerprint density at radius 2 is 2.58 bits per heavy atom. The zero-order valence-electron chi connectivity index (χ0n) is 6.75. The minimum absolute atomic E-state index is 0.0513. The van der Waals surface area contributed by atoms with E-state index in [0.717, 1.165) is 18.5 Å². The lowest BCUT2D eigenvalue weighted by molar-refractivity contribution is -0.141. The largest absolute Gasteiger partial charge is 0.465 e. The van der Waals surface area contributed by atoms with Crippen molar-refractivity contribution >= 4 is 5.97 Å². The van der Waals surface area contributed by atoms with Gasteiger partial charge in [0.1, 0.15) is 0 Å².